The van der Waals surface area contributed by atoms with Gasteiger partial charge in [0, 0.05) is 11.3 Å². The van der Waals surface area contributed by atoms with E-state index in [1.165, 1.54) is 36.0 Å². The van der Waals surface area contributed by atoms with Crippen LogP contribution < -0.4 is 56.3 Å². The summed E-state index contributed by atoms with van der Waals surface area (Å²) in [5.41, 5.74) is 6.50. The number of hydrogen-bond acceptors (Lipinski definition) is 8. The standard InChI is InChI=1S/C20H30N4O5S.Na/c1-4-5-10-22-17(27)14(18-24-15(19(28)29)20(2,3)30-18)23-16(26)13(21)11-6-8-12(25)9-7-11;/h6-9,13-15,18,24-25H,4-5,10,21H2,1-3H3,(H,22,27)(H,23,26)(H,28,29);/q;+1/p-1/t13-,14-,15+,18-;/m1./s1. The second kappa shape index (κ2) is 12.1. The van der Waals surface area contributed by atoms with Gasteiger partial charge < -0.3 is 31.4 Å². The first-order chi connectivity index (χ1) is 14.1. The largest absolute Gasteiger partial charge is 1.00 e. The number of unbranched alkanes of at least 4 members (excludes halogenated alkanes) is 1. The predicted octanol–water partition coefficient (Wildman–Crippen LogP) is -3.64. The zero-order chi connectivity index (χ0) is 22.5. The van der Waals surface area contributed by atoms with Gasteiger partial charge in [-0.1, -0.05) is 25.5 Å². The molecule has 1 aromatic carbocycles. The molecule has 2 amide bonds. The van der Waals surface area contributed by atoms with E-state index in [9.17, 15) is 24.6 Å². The first kappa shape index (κ1) is 27.7. The number of aromatic hydroxyl groups is 1. The monoisotopic (exact) mass is 460 g/mol. The molecule has 6 N–H and O–H groups in total. The van der Waals surface area contributed by atoms with Crippen LogP contribution in [0.4, 0.5) is 0 Å². The van der Waals surface area contributed by atoms with Gasteiger partial charge in [-0.2, -0.15) is 0 Å². The van der Waals surface area contributed by atoms with Gasteiger partial charge in [-0.15, -0.1) is 11.8 Å². The number of carboxylic acids is 1. The average molecular weight is 461 g/mol. The van der Waals surface area contributed by atoms with Crippen LogP contribution in [0.1, 0.15) is 45.2 Å². The number of rotatable bonds is 9. The summed E-state index contributed by atoms with van der Waals surface area (Å²) in [6, 6.07) is 2.79. The molecule has 0 spiro atoms. The molecule has 1 fully saturated rings. The van der Waals surface area contributed by atoms with E-state index in [2.05, 4.69) is 16.0 Å². The van der Waals surface area contributed by atoms with Crippen molar-refractivity contribution in [3.8, 4) is 5.75 Å². The van der Waals surface area contributed by atoms with Crippen LogP contribution in [0.25, 0.3) is 0 Å². The van der Waals surface area contributed by atoms with Crippen LogP contribution in [-0.4, -0.2) is 51.6 Å². The molecule has 1 heterocycles. The number of carboxylic acid groups (broad SMARTS) is 1. The second-order valence-corrected chi connectivity index (χ2v) is 9.56. The van der Waals surface area contributed by atoms with Crippen LogP contribution in [0.15, 0.2) is 24.3 Å². The normalized spacial score (nSPS) is 21.4. The van der Waals surface area contributed by atoms with Gasteiger partial charge in [-0.3, -0.25) is 14.9 Å². The Bertz CT molecular complexity index is 777. The molecule has 1 saturated heterocycles. The molecule has 2 rings (SSSR count). The fourth-order valence-electron chi connectivity index (χ4n) is 3.16. The minimum atomic E-state index is -1.27. The molecular weight excluding hydrogens is 431 g/mol. The van der Waals surface area contributed by atoms with Gasteiger partial charge in [0.05, 0.1) is 17.4 Å². The number of phenols is 1. The number of phenolic OH excluding ortho intramolecular Hbond substituents is 1. The average Bonchev–Trinajstić information content (AvgIpc) is 3.01. The number of carbonyl (C=O) groups excluding carboxylic acids is 3. The van der Waals surface area contributed by atoms with E-state index < -0.39 is 46.0 Å². The Morgan fingerprint density at radius 3 is 2.39 bits per heavy atom. The maximum atomic E-state index is 12.8. The van der Waals surface area contributed by atoms with Crippen LogP contribution in [0, 0.1) is 0 Å². The van der Waals surface area contributed by atoms with E-state index in [4.69, 9.17) is 5.73 Å². The molecule has 0 unspecified atom stereocenters. The van der Waals surface area contributed by atoms with Crippen molar-refractivity contribution in [1.82, 2.24) is 16.0 Å². The van der Waals surface area contributed by atoms with E-state index in [1.807, 2.05) is 6.92 Å². The summed E-state index contributed by atoms with van der Waals surface area (Å²) in [4.78, 5) is 37.1. The summed E-state index contributed by atoms with van der Waals surface area (Å²) in [5, 5.41) is 28.6. The van der Waals surface area contributed by atoms with Crippen LogP contribution >= 0.6 is 11.8 Å². The predicted molar refractivity (Wildman–Crippen MR) is 112 cm³/mol. The zero-order valence-electron chi connectivity index (χ0n) is 18.3. The Kier molecular flexibility index (Phi) is 10.8. The maximum Gasteiger partial charge on any atom is 1.00 e. The molecule has 11 heteroatoms. The Labute approximate surface area is 208 Å². The fourth-order valence-corrected chi connectivity index (χ4v) is 4.65. The van der Waals surface area contributed by atoms with Gasteiger partial charge in [-0.05, 0) is 38.0 Å². The molecule has 9 nitrogen and oxygen atoms in total. The molecule has 4 atom stereocenters. The van der Waals surface area contributed by atoms with Crippen molar-refractivity contribution >= 4 is 29.5 Å². The van der Waals surface area contributed by atoms with Crippen LogP contribution in [0.3, 0.4) is 0 Å². The molecular formula is C20H29N4NaO5S. The number of amides is 2. The third-order valence-electron chi connectivity index (χ3n) is 4.94. The number of benzene rings is 1. The minimum Gasteiger partial charge on any atom is -0.548 e. The summed E-state index contributed by atoms with van der Waals surface area (Å²) >= 11 is 1.25. The second-order valence-electron chi connectivity index (χ2n) is 7.76. The Hall–Kier alpha value is -1.30. The first-order valence-electron chi connectivity index (χ1n) is 9.84. The van der Waals surface area contributed by atoms with Crippen molar-refractivity contribution in [2.45, 2.75) is 61.9 Å². The number of aliphatic carboxylic acids is 1. The summed E-state index contributed by atoms with van der Waals surface area (Å²) in [7, 11) is 0. The number of hydrogen-bond donors (Lipinski definition) is 5. The maximum absolute atomic E-state index is 12.8. The van der Waals surface area contributed by atoms with E-state index >= 15 is 0 Å². The minimum absolute atomic E-state index is 0. The summed E-state index contributed by atoms with van der Waals surface area (Å²) < 4.78 is -0.741. The van der Waals surface area contributed by atoms with Crippen LogP contribution in [0.2, 0.25) is 0 Å². The van der Waals surface area contributed by atoms with Crippen molar-refractivity contribution in [3.05, 3.63) is 29.8 Å². The van der Waals surface area contributed by atoms with Crippen molar-refractivity contribution in [2.24, 2.45) is 5.73 Å². The van der Waals surface area contributed by atoms with Crippen LogP contribution in [-0.2, 0) is 14.4 Å². The smallest absolute Gasteiger partial charge is 0.548 e. The van der Waals surface area contributed by atoms with E-state index in [0.717, 1.165) is 12.8 Å². The Morgan fingerprint density at radius 1 is 1.26 bits per heavy atom. The van der Waals surface area contributed by atoms with Gasteiger partial charge in [-0.25, -0.2) is 0 Å². The van der Waals surface area contributed by atoms with E-state index in [-0.39, 0.29) is 35.3 Å². The number of carbonyl (C=O) groups is 3. The van der Waals surface area contributed by atoms with Gasteiger partial charge in [0.15, 0.2) is 0 Å². The van der Waals surface area contributed by atoms with Gasteiger partial charge >= 0.3 is 29.6 Å². The number of thioether (sulfide) groups is 1. The molecule has 0 bridgehead atoms. The number of nitrogens with two attached hydrogens (primary N) is 1. The van der Waals surface area contributed by atoms with Crippen LogP contribution in [0.5, 0.6) is 5.75 Å². The molecule has 0 aliphatic carbocycles. The molecule has 0 radical (unpaired) electrons. The fraction of sp³-hybridized carbons (Fsp3) is 0.550. The van der Waals surface area contributed by atoms with Gasteiger partial charge in [0.25, 0.3) is 0 Å². The molecule has 1 aliphatic rings. The third-order valence-corrected chi connectivity index (χ3v) is 6.45. The van der Waals surface area contributed by atoms with Gasteiger partial charge in [0.2, 0.25) is 11.8 Å². The summed E-state index contributed by atoms with van der Waals surface area (Å²) in [6.07, 6.45) is 1.66. The van der Waals surface area contributed by atoms with Crippen molar-refractivity contribution in [1.29, 1.82) is 0 Å². The van der Waals surface area contributed by atoms with Crippen molar-refractivity contribution in [2.75, 3.05) is 6.54 Å². The third kappa shape index (κ3) is 7.37. The van der Waals surface area contributed by atoms with Crippen molar-refractivity contribution in [3.63, 3.8) is 0 Å². The first-order valence-corrected chi connectivity index (χ1v) is 10.7. The van der Waals surface area contributed by atoms with E-state index in [1.54, 1.807) is 13.8 Å². The Balaban J connectivity index is 0.00000480. The van der Waals surface area contributed by atoms with Gasteiger partial charge in [0.1, 0.15) is 17.8 Å². The quantitative estimate of drug-likeness (QED) is 0.187. The molecule has 166 valence electrons. The molecule has 31 heavy (non-hydrogen) atoms. The molecule has 1 aliphatic heterocycles. The SMILES string of the molecule is CCCCNC(=O)[C@@H](NC(=O)[C@H](N)c1ccc(O)cc1)[C@@H]1N[C@@H](C(=O)[O-])C(C)(C)S1.[Na+]. The zero-order valence-corrected chi connectivity index (χ0v) is 21.1. The molecule has 0 saturated carbocycles. The summed E-state index contributed by atoms with van der Waals surface area (Å²) in [6.45, 7) is 5.90. The summed E-state index contributed by atoms with van der Waals surface area (Å²) in [5.74, 6) is -2.24. The van der Waals surface area contributed by atoms with Crippen molar-refractivity contribution < 1.29 is 54.2 Å². The van der Waals surface area contributed by atoms with E-state index in [0.29, 0.717) is 12.1 Å². The topological polar surface area (TPSA) is 157 Å². The Morgan fingerprint density at radius 2 is 1.87 bits per heavy atom. The molecule has 1 aromatic rings. The molecule has 0 aromatic heterocycles. The number of nitrogens with one attached hydrogen (secondary N) is 3.